The lowest BCUT2D eigenvalue weighted by Gasteiger charge is -2.24. The first-order valence-electron chi connectivity index (χ1n) is 5.41. The minimum atomic E-state index is 0.100. The van der Waals surface area contributed by atoms with E-state index < -0.39 is 0 Å². The molecule has 1 fully saturated rings. The second kappa shape index (κ2) is 5.38. The van der Waals surface area contributed by atoms with Gasteiger partial charge in [0.05, 0.1) is 6.04 Å². The molecule has 2 heteroatoms. The molecule has 0 aromatic rings. The molecule has 2 nitrogen and oxygen atoms in total. The second-order valence-electron chi connectivity index (χ2n) is 4.19. The van der Waals surface area contributed by atoms with Crippen molar-refractivity contribution in [1.29, 1.82) is 0 Å². The summed E-state index contributed by atoms with van der Waals surface area (Å²) in [4.78, 5) is 11.2. The van der Waals surface area contributed by atoms with E-state index in [4.69, 9.17) is 0 Å². The summed E-state index contributed by atoms with van der Waals surface area (Å²) in [7, 11) is 1.88. The van der Waals surface area contributed by atoms with Gasteiger partial charge < -0.3 is 5.32 Å². The summed E-state index contributed by atoms with van der Waals surface area (Å²) >= 11 is 0. The van der Waals surface area contributed by atoms with E-state index in [2.05, 4.69) is 5.32 Å². The fourth-order valence-electron chi connectivity index (χ4n) is 2.24. The summed E-state index contributed by atoms with van der Waals surface area (Å²) in [5.74, 6) is 1.07. The summed E-state index contributed by atoms with van der Waals surface area (Å²) in [5, 5.41) is 3.10. The Hall–Kier alpha value is -0.370. The Bertz CT molecular complexity index is 161. The monoisotopic (exact) mass is 183 g/mol. The van der Waals surface area contributed by atoms with E-state index in [1.165, 1.54) is 32.1 Å². The van der Waals surface area contributed by atoms with Crippen LogP contribution < -0.4 is 5.32 Å². The molecule has 0 aliphatic heterocycles. The lowest BCUT2D eigenvalue weighted by molar-refractivity contribution is -0.119. The van der Waals surface area contributed by atoms with Crippen LogP contribution in [0.25, 0.3) is 0 Å². The molecule has 13 heavy (non-hydrogen) atoms. The number of carbonyl (C=O) groups is 1. The van der Waals surface area contributed by atoms with Gasteiger partial charge in [-0.05, 0) is 26.3 Å². The van der Waals surface area contributed by atoms with Crippen LogP contribution in [0.2, 0.25) is 0 Å². The summed E-state index contributed by atoms with van der Waals surface area (Å²) in [6, 6.07) is 0.100. The van der Waals surface area contributed by atoms with Crippen molar-refractivity contribution in [2.45, 2.75) is 51.5 Å². The average molecular weight is 183 g/mol. The summed E-state index contributed by atoms with van der Waals surface area (Å²) < 4.78 is 0. The van der Waals surface area contributed by atoms with E-state index in [1.54, 1.807) is 6.92 Å². The van der Waals surface area contributed by atoms with Crippen molar-refractivity contribution in [3.63, 3.8) is 0 Å². The number of ketones is 1. The van der Waals surface area contributed by atoms with Crippen molar-refractivity contribution in [1.82, 2.24) is 5.32 Å². The van der Waals surface area contributed by atoms with E-state index in [1.807, 2.05) is 7.05 Å². The molecule has 0 aromatic carbocycles. The first-order chi connectivity index (χ1) is 6.24. The van der Waals surface area contributed by atoms with E-state index in [0.29, 0.717) is 0 Å². The maximum Gasteiger partial charge on any atom is 0.146 e. The quantitative estimate of drug-likeness (QED) is 0.723. The van der Waals surface area contributed by atoms with Crippen LogP contribution in [0.3, 0.4) is 0 Å². The van der Waals surface area contributed by atoms with Gasteiger partial charge in [0.15, 0.2) is 0 Å². The highest BCUT2D eigenvalue weighted by Gasteiger charge is 2.20. The first-order valence-corrected chi connectivity index (χ1v) is 5.41. The Morgan fingerprint density at radius 2 is 2.00 bits per heavy atom. The molecule has 0 aromatic heterocycles. The third-order valence-corrected chi connectivity index (χ3v) is 3.13. The number of rotatable bonds is 4. The lowest BCUT2D eigenvalue weighted by Crippen LogP contribution is -2.34. The van der Waals surface area contributed by atoms with Crippen LogP contribution in [0.5, 0.6) is 0 Å². The van der Waals surface area contributed by atoms with Gasteiger partial charge in [0.25, 0.3) is 0 Å². The average Bonchev–Trinajstić information content (AvgIpc) is 2.15. The number of Topliss-reactive ketones (excluding diaryl/α,β-unsaturated/α-hetero) is 1. The molecule has 0 unspecified atom stereocenters. The van der Waals surface area contributed by atoms with Crippen molar-refractivity contribution in [3.8, 4) is 0 Å². The number of carbonyl (C=O) groups excluding carboxylic acids is 1. The normalized spacial score (nSPS) is 21.4. The largest absolute Gasteiger partial charge is 0.311 e. The lowest BCUT2D eigenvalue weighted by atomic mass is 9.84. The van der Waals surface area contributed by atoms with Gasteiger partial charge in [-0.1, -0.05) is 32.1 Å². The van der Waals surface area contributed by atoms with E-state index in [9.17, 15) is 4.79 Å². The highest BCUT2D eigenvalue weighted by molar-refractivity contribution is 5.81. The van der Waals surface area contributed by atoms with Gasteiger partial charge in [0.2, 0.25) is 0 Å². The topological polar surface area (TPSA) is 29.1 Å². The van der Waals surface area contributed by atoms with Crippen molar-refractivity contribution in [3.05, 3.63) is 0 Å². The van der Waals surface area contributed by atoms with Gasteiger partial charge in [-0.25, -0.2) is 0 Å². The highest BCUT2D eigenvalue weighted by atomic mass is 16.1. The van der Waals surface area contributed by atoms with E-state index in [0.717, 1.165) is 12.3 Å². The zero-order valence-electron chi connectivity index (χ0n) is 8.81. The van der Waals surface area contributed by atoms with Crippen LogP contribution >= 0.6 is 0 Å². The molecule has 0 radical (unpaired) electrons. The fraction of sp³-hybridized carbons (Fsp3) is 0.909. The van der Waals surface area contributed by atoms with Crippen LogP contribution in [-0.2, 0) is 4.79 Å². The van der Waals surface area contributed by atoms with Gasteiger partial charge in [-0.15, -0.1) is 0 Å². The van der Waals surface area contributed by atoms with Crippen molar-refractivity contribution in [2.24, 2.45) is 5.92 Å². The zero-order chi connectivity index (χ0) is 9.68. The van der Waals surface area contributed by atoms with Crippen LogP contribution in [0, 0.1) is 5.92 Å². The predicted molar refractivity (Wildman–Crippen MR) is 54.7 cm³/mol. The van der Waals surface area contributed by atoms with Crippen LogP contribution in [0.4, 0.5) is 0 Å². The van der Waals surface area contributed by atoms with Crippen molar-refractivity contribution < 1.29 is 4.79 Å². The molecule has 0 amide bonds. The summed E-state index contributed by atoms with van der Waals surface area (Å²) in [5.41, 5.74) is 0. The summed E-state index contributed by atoms with van der Waals surface area (Å²) in [6.07, 6.45) is 7.81. The number of hydrogen-bond donors (Lipinski definition) is 1. The van der Waals surface area contributed by atoms with Gasteiger partial charge in [-0.2, -0.15) is 0 Å². The first kappa shape index (κ1) is 10.7. The Morgan fingerprint density at radius 3 is 2.46 bits per heavy atom. The molecule has 1 aliphatic rings. The molecule has 1 N–H and O–H groups in total. The molecule has 76 valence electrons. The maximum absolute atomic E-state index is 11.2. The molecule has 1 atom stereocenters. The van der Waals surface area contributed by atoms with Crippen LogP contribution in [0.15, 0.2) is 0 Å². The smallest absolute Gasteiger partial charge is 0.146 e. The van der Waals surface area contributed by atoms with Crippen molar-refractivity contribution in [2.75, 3.05) is 7.05 Å². The highest BCUT2D eigenvalue weighted by Crippen LogP contribution is 2.27. The van der Waals surface area contributed by atoms with Crippen molar-refractivity contribution >= 4 is 5.78 Å². The van der Waals surface area contributed by atoms with Gasteiger partial charge in [0.1, 0.15) is 5.78 Å². The molecular weight excluding hydrogens is 162 g/mol. The second-order valence-corrected chi connectivity index (χ2v) is 4.19. The molecule has 1 saturated carbocycles. The fourth-order valence-corrected chi connectivity index (χ4v) is 2.24. The molecular formula is C11H21NO. The van der Waals surface area contributed by atoms with E-state index >= 15 is 0 Å². The molecule has 0 spiro atoms. The summed E-state index contributed by atoms with van der Waals surface area (Å²) in [6.45, 7) is 1.68. The third-order valence-electron chi connectivity index (χ3n) is 3.13. The standard InChI is InChI=1S/C11H21NO/c1-9(13)11(12-2)8-10-6-4-3-5-7-10/h10-12H,3-8H2,1-2H3/t11-/m1/s1. The zero-order valence-corrected chi connectivity index (χ0v) is 8.81. The predicted octanol–water partition coefficient (Wildman–Crippen LogP) is 2.13. The van der Waals surface area contributed by atoms with Gasteiger partial charge >= 0.3 is 0 Å². The molecule has 0 saturated heterocycles. The number of nitrogens with one attached hydrogen (secondary N) is 1. The van der Waals surface area contributed by atoms with Crippen LogP contribution in [0.1, 0.15) is 45.4 Å². The Balaban J connectivity index is 2.31. The molecule has 0 bridgehead atoms. The van der Waals surface area contributed by atoms with Crippen LogP contribution in [-0.4, -0.2) is 18.9 Å². The molecule has 1 aliphatic carbocycles. The minimum absolute atomic E-state index is 0.100. The third kappa shape index (κ3) is 3.47. The molecule has 0 heterocycles. The Labute approximate surface area is 81.1 Å². The van der Waals surface area contributed by atoms with Gasteiger partial charge in [-0.3, -0.25) is 4.79 Å². The SMILES string of the molecule is CN[C@H](CC1CCCCC1)C(C)=O. The maximum atomic E-state index is 11.2. The number of likely N-dealkylation sites (N-methyl/N-ethyl adjacent to an activating group) is 1. The Kier molecular flexibility index (Phi) is 4.43. The minimum Gasteiger partial charge on any atom is -0.311 e. The molecule has 1 rings (SSSR count). The Morgan fingerprint density at radius 1 is 1.38 bits per heavy atom. The number of hydrogen-bond acceptors (Lipinski definition) is 2. The van der Waals surface area contributed by atoms with E-state index in [-0.39, 0.29) is 11.8 Å². The van der Waals surface area contributed by atoms with Gasteiger partial charge in [0, 0.05) is 0 Å².